The number of anilines is 1. The van der Waals surface area contributed by atoms with Crippen LogP contribution in [0, 0.1) is 6.92 Å². The van der Waals surface area contributed by atoms with Crippen LogP contribution in [0.4, 0.5) is 5.69 Å². The van der Waals surface area contributed by atoms with Crippen molar-refractivity contribution in [2.45, 2.75) is 25.2 Å². The molecule has 2 aromatic carbocycles. The van der Waals surface area contributed by atoms with E-state index in [1.165, 1.54) is 12.1 Å². The van der Waals surface area contributed by atoms with Gasteiger partial charge in [-0.05, 0) is 31.2 Å². The number of aryl methyl sites for hydroxylation is 1. The van der Waals surface area contributed by atoms with Crippen LogP contribution in [0.25, 0.3) is 0 Å². The molecular weight excluding hydrogens is 286 g/mol. The van der Waals surface area contributed by atoms with Crippen LogP contribution in [-0.2, 0) is 14.8 Å². The second-order valence-corrected chi connectivity index (χ2v) is 6.45. The standard InChI is InChI=1S/C16H17NO3S/c1-3-16(18)17(14-7-5-4-6-8-14)21(19,20)15-11-9-13(2)10-12-15/h4-12H,3H2,1-2H3. The molecule has 4 nitrogen and oxygen atoms in total. The van der Waals surface area contributed by atoms with Gasteiger partial charge in [-0.2, -0.15) is 0 Å². The summed E-state index contributed by atoms with van der Waals surface area (Å²) in [5.74, 6) is -0.457. The smallest absolute Gasteiger partial charge is 0.270 e. The van der Waals surface area contributed by atoms with Gasteiger partial charge in [0.25, 0.3) is 10.0 Å². The van der Waals surface area contributed by atoms with Crippen LogP contribution in [0.15, 0.2) is 59.5 Å². The number of amides is 1. The van der Waals surface area contributed by atoms with Gasteiger partial charge in [-0.15, -0.1) is 0 Å². The van der Waals surface area contributed by atoms with E-state index < -0.39 is 15.9 Å². The third kappa shape index (κ3) is 3.13. The van der Waals surface area contributed by atoms with Crippen molar-refractivity contribution in [2.24, 2.45) is 0 Å². The topological polar surface area (TPSA) is 54.5 Å². The molecule has 0 bridgehead atoms. The van der Waals surface area contributed by atoms with E-state index in [2.05, 4.69) is 0 Å². The number of benzene rings is 2. The summed E-state index contributed by atoms with van der Waals surface area (Å²) in [6.45, 7) is 3.52. The molecule has 1 amide bonds. The number of para-hydroxylation sites is 1. The summed E-state index contributed by atoms with van der Waals surface area (Å²) >= 11 is 0. The lowest BCUT2D eigenvalue weighted by Crippen LogP contribution is -2.36. The van der Waals surface area contributed by atoms with Crippen molar-refractivity contribution in [1.29, 1.82) is 0 Å². The lowest BCUT2D eigenvalue weighted by Gasteiger charge is -2.22. The number of sulfonamides is 1. The molecule has 21 heavy (non-hydrogen) atoms. The van der Waals surface area contributed by atoms with Gasteiger partial charge in [0, 0.05) is 6.42 Å². The van der Waals surface area contributed by atoms with Crippen LogP contribution in [0.5, 0.6) is 0 Å². The highest BCUT2D eigenvalue weighted by molar-refractivity contribution is 7.93. The average Bonchev–Trinajstić information content (AvgIpc) is 2.48. The summed E-state index contributed by atoms with van der Waals surface area (Å²) in [5.41, 5.74) is 1.31. The van der Waals surface area contributed by atoms with Crippen molar-refractivity contribution in [3.63, 3.8) is 0 Å². The minimum absolute atomic E-state index is 0.110. The van der Waals surface area contributed by atoms with Gasteiger partial charge < -0.3 is 0 Å². The maximum absolute atomic E-state index is 12.7. The molecule has 0 heterocycles. The van der Waals surface area contributed by atoms with E-state index in [0.717, 1.165) is 9.87 Å². The van der Waals surface area contributed by atoms with E-state index in [0.29, 0.717) is 5.69 Å². The fourth-order valence-corrected chi connectivity index (χ4v) is 3.43. The Kier molecular flexibility index (Phi) is 4.43. The number of nitrogens with zero attached hydrogens (tertiary/aromatic N) is 1. The zero-order valence-electron chi connectivity index (χ0n) is 12.0. The second-order valence-electron chi connectivity index (χ2n) is 4.67. The van der Waals surface area contributed by atoms with Gasteiger partial charge in [-0.1, -0.05) is 42.8 Å². The predicted octanol–water partition coefficient (Wildman–Crippen LogP) is 3.13. The minimum Gasteiger partial charge on any atom is -0.273 e. The molecule has 0 atom stereocenters. The number of carbonyl (C=O) groups is 1. The van der Waals surface area contributed by atoms with Crippen LogP contribution in [-0.4, -0.2) is 14.3 Å². The number of rotatable bonds is 4. The monoisotopic (exact) mass is 303 g/mol. The molecular formula is C16H17NO3S. The van der Waals surface area contributed by atoms with E-state index in [1.807, 2.05) is 6.92 Å². The first-order chi connectivity index (χ1) is 9.96. The predicted molar refractivity (Wildman–Crippen MR) is 82.6 cm³/mol. The minimum atomic E-state index is -3.90. The second kappa shape index (κ2) is 6.10. The van der Waals surface area contributed by atoms with Crippen molar-refractivity contribution in [3.8, 4) is 0 Å². The van der Waals surface area contributed by atoms with E-state index in [4.69, 9.17) is 0 Å². The highest BCUT2D eigenvalue weighted by atomic mass is 32.2. The molecule has 2 aromatic rings. The van der Waals surface area contributed by atoms with Gasteiger partial charge in [-0.3, -0.25) is 4.79 Å². The van der Waals surface area contributed by atoms with Gasteiger partial charge in [0.05, 0.1) is 10.6 Å². The summed E-state index contributed by atoms with van der Waals surface area (Å²) in [6.07, 6.45) is 0.111. The fourth-order valence-electron chi connectivity index (χ4n) is 1.94. The summed E-state index contributed by atoms with van der Waals surface area (Å²) in [4.78, 5) is 12.3. The van der Waals surface area contributed by atoms with Crippen LogP contribution in [0.2, 0.25) is 0 Å². The van der Waals surface area contributed by atoms with Crippen molar-refractivity contribution in [1.82, 2.24) is 0 Å². The third-order valence-corrected chi connectivity index (χ3v) is 4.84. The van der Waals surface area contributed by atoms with Gasteiger partial charge >= 0.3 is 0 Å². The van der Waals surface area contributed by atoms with E-state index in [-0.39, 0.29) is 11.3 Å². The zero-order valence-corrected chi connectivity index (χ0v) is 12.8. The largest absolute Gasteiger partial charge is 0.273 e. The summed E-state index contributed by atoms with van der Waals surface area (Å²) < 4.78 is 26.4. The third-order valence-electron chi connectivity index (χ3n) is 3.08. The Bertz CT molecular complexity index is 722. The first kappa shape index (κ1) is 15.3. The Morgan fingerprint density at radius 1 is 1.00 bits per heavy atom. The molecule has 2 rings (SSSR count). The van der Waals surface area contributed by atoms with E-state index in [9.17, 15) is 13.2 Å². The molecule has 0 spiro atoms. The van der Waals surface area contributed by atoms with E-state index in [1.54, 1.807) is 49.4 Å². The normalized spacial score (nSPS) is 11.1. The first-order valence-electron chi connectivity index (χ1n) is 6.66. The van der Waals surface area contributed by atoms with Gasteiger partial charge in [0.15, 0.2) is 0 Å². The number of carbonyl (C=O) groups excluding carboxylic acids is 1. The van der Waals surface area contributed by atoms with Crippen molar-refractivity contribution < 1.29 is 13.2 Å². The van der Waals surface area contributed by atoms with Crippen LogP contribution < -0.4 is 4.31 Å². The Labute approximate surface area is 125 Å². The Hall–Kier alpha value is -2.14. The van der Waals surface area contributed by atoms with E-state index >= 15 is 0 Å². The summed E-state index contributed by atoms with van der Waals surface area (Å²) in [6, 6.07) is 14.9. The first-order valence-corrected chi connectivity index (χ1v) is 8.10. The highest BCUT2D eigenvalue weighted by Crippen LogP contribution is 2.24. The van der Waals surface area contributed by atoms with Crippen LogP contribution in [0.1, 0.15) is 18.9 Å². The van der Waals surface area contributed by atoms with Crippen molar-refractivity contribution in [2.75, 3.05) is 4.31 Å². The molecule has 5 heteroatoms. The molecule has 0 unspecified atom stereocenters. The summed E-state index contributed by atoms with van der Waals surface area (Å²) in [7, 11) is -3.90. The lowest BCUT2D eigenvalue weighted by atomic mass is 10.2. The molecule has 0 saturated carbocycles. The Morgan fingerprint density at radius 3 is 2.10 bits per heavy atom. The Morgan fingerprint density at radius 2 is 1.57 bits per heavy atom. The average molecular weight is 303 g/mol. The molecule has 0 saturated heterocycles. The van der Waals surface area contributed by atoms with Gasteiger partial charge in [0.1, 0.15) is 0 Å². The summed E-state index contributed by atoms with van der Waals surface area (Å²) in [5, 5.41) is 0. The molecule has 0 radical (unpaired) electrons. The zero-order chi connectivity index (χ0) is 15.5. The Balaban J connectivity index is 2.55. The maximum atomic E-state index is 12.7. The molecule has 0 aromatic heterocycles. The van der Waals surface area contributed by atoms with Crippen LogP contribution in [0.3, 0.4) is 0 Å². The molecule has 0 aliphatic carbocycles. The molecule has 110 valence electrons. The maximum Gasteiger partial charge on any atom is 0.270 e. The van der Waals surface area contributed by atoms with Gasteiger partial charge in [-0.25, -0.2) is 12.7 Å². The fraction of sp³-hybridized carbons (Fsp3) is 0.188. The van der Waals surface area contributed by atoms with Crippen LogP contribution >= 0.6 is 0 Å². The SMILES string of the molecule is CCC(=O)N(c1ccccc1)S(=O)(=O)c1ccc(C)cc1. The molecule has 0 aliphatic rings. The lowest BCUT2D eigenvalue weighted by molar-refractivity contribution is -0.117. The number of hydrogen-bond donors (Lipinski definition) is 0. The number of hydrogen-bond acceptors (Lipinski definition) is 3. The van der Waals surface area contributed by atoms with Crippen molar-refractivity contribution >= 4 is 21.6 Å². The van der Waals surface area contributed by atoms with Crippen molar-refractivity contribution in [3.05, 3.63) is 60.2 Å². The molecule has 0 aliphatic heterocycles. The van der Waals surface area contributed by atoms with Gasteiger partial charge in [0.2, 0.25) is 5.91 Å². The highest BCUT2D eigenvalue weighted by Gasteiger charge is 2.29. The molecule has 0 N–H and O–H groups in total. The molecule has 0 fully saturated rings. The quantitative estimate of drug-likeness (QED) is 0.872.